The van der Waals surface area contributed by atoms with E-state index in [1.807, 2.05) is 0 Å². The number of nitrogens with two attached hydrogens (primary N) is 1. The summed E-state index contributed by atoms with van der Waals surface area (Å²) in [5.41, 5.74) is 9.12. The summed E-state index contributed by atoms with van der Waals surface area (Å²) in [6.45, 7) is 0. The number of oxazole rings is 1. The van der Waals surface area contributed by atoms with E-state index < -0.39 is 0 Å². The van der Waals surface area contributed by atoms with Gasteiger partial charge >= 0.3 is 0 Å². The van der Waals surface area contributed by atoms with Gasteiger partial charge in [-0.15, -0.1) is 0 Å². The molecule has 0 aliphatic heterocycles. The van der Waals surface area contributed by atoms with Gasteiger partial charge in [0.1, 0.15) is 5.52 Å². The standard InChI is InChI=1S/C14H10N4O/c15-8-9-1-4-11(5-2-9)17-14-18-12-7-10(16)3-6-13(12)19-14/h1-7H,16H2,(H,17,18). The molecule has 0 unspecified atom stereocenters. The fourth-order valence-corrected chi connectivity index (χ4v) is 1.75. The zero-order valence-electron chi connectivity index (χ0n) is 9.92. The van der Waals surface area contributed by atoms with Crippen LogP contribution in [0.2, 0.25) is 0 Å². The van der Waals surface area contributed by atoms with Gasteiger partial charge in [0.05, 0.1) is 11.6 Å². The number of hydrogen-bond acceptors (Lipinski definition) is 5. The molecule has 1 aromatic heterocycles. The van der Waals surface area contributed by atoms with Crippen molar-refractivity contribution in [2.45, 2.75) is 0 Å². The third-order valence-electron chi connectivity index (χ3n) is 2.68. The number of benzene rings is 2. The molecule has 5 heteroatoms. The second-order valence-corrected chi connectivity index (χ2v) is 4.06. The number of hydrogen-bond donors (Lipinski definition) is 2. The predicted molar refractivity (Wildman–Crippen MR) is 72.9 cm³/mol. The lowest BCUT2D eigenvalue weighted by molar-refractivity contribution is 0.623. The second-order valence-electron chi connectivity index (χ2n) is 4.06. The van der Waals surface area contributed by atoms with E-state index in [1.54, 1.807) is 42.5 Å². The molecule has 0 amide bonds. The molecule has 0 spiro atoms. The molecule has 3 aromatic rings. The summed E-state index contributed by atoms with van der Waals surface area (Å²) in [4.78, 5) is 4.29. The van der Waals surface area contributed by atoms with E-state index >= 15 is 0 Å². The zero-order chi connectivity index (χ0) is 13.2. The molecule has 3 N–H and O–H groups in total. The fraction of sp³-hybridized carbons (Fsp3) is 0. The van der Waals surface area contributed by atoms with E-state index in [0.29, 0.717) is 28.4 Å². The Morgan fingerprint density at radius 1 is 1.16 bits per heavy atom. The summed E-state index contributed by atoms with van der Waals surface area (Å²) in [5, 5.41) is 11.8. The number of nitrogens with one attached hydrogen (secondary N) is 1. The van der Waals surface area contributed by atoms with Gasteiger partial charge in [-0.1, -0.05) is 0 Å². The lowest BCUT2D eigenvalue weighted by Gasteiger charge is -2.00. The first kappa shape index (κ1) is 11.1. The highest BCUT2D eigenvalue weighted by Gasteiger charge is 2.06. The summed E-state index contributed by atoms with van der Waals surface area (Å²) in [6.07, 6.45) is 0. The Hall–Kier alpha value is -3.00. The van der Waals surface area contributed by atoms with Gasteiger partial charge < -0.3 is 15.5 Å². The van der Waals surface area contributed by atoms with Crippen LogP contribution in [-0.4, -0.2) is 4.98 Å². The van der Waals surface area contributed by atoms with Crippen molar-refractivity contribution in [2.75, 3.05) is 11.1 Å². The summed E-state index contributed by atoms with van der Waals surface area (Å²) < 4.78 is 5.54. The molecule has 1 heterocycles. The second kappa shape index (κ2) is 4.35. The van der Waals surface area contributed by atoms with Crippen LogP contribution in [0.1, 0.15) is 5.56 Å². The van der Waals surface area contributed by atoms with Gasteiger partial charge in [0.15, 0.2) is 5.58 Å². The first-order valence-electron chi connectivity index (χ1n) is 5.68. The van der Waals surface area contributed by atoms with Crippen molar-refractivity contribution in [3.05, 3.63) is 48.0 Å². The number of nitriles is 1. The highest BCUT2D eigenvalue weighted by Crippen LogP contribution is 2.23. The SMILES string of the molecule is N#Cc1ccc(Nc2nc3cc(N)ccc3o2)cc1. The molecular formula is C14H10N4O. The van der Waals surface area contributed by atoms with Crippen molar-refractivity contribution < 1.29 is 4.42 Å². The Morgan fingerprint density at radius 3 is 2.68 bits per heavy atom. The summed E-state index contributed by atoms with van der Waals surface area (Å²) in [6, 6.07) is 14.8. The molecule has 0 aliphatic carbocycles. The Kier molecular flexibility index (Phi) is 2.54. The van der Waals surface area contributed by atoms with E-state index in [2.05, 4.69) is 16.4 Å². The van der Waals surface area contributed by atoms with Crippen LogP contribution >= 0.6 is 0 Å². The number of rotatable bonds is 2. The van der Waals surface area contributed by atoms with Crippen LogP contribution < -0.4 is 11.1 Å². The molecule has 0 radical (unpaired) electrons. The molecule has 19 heavy (non-hydrogen) atoms. The molecule has 92 valence electrons. The molecule has 0 saturated heterocycles. The highest BCUT2D eigenvalue weighted by atomic mass is 16.4. The molecule has 0 atom stereocenters. The van der Waals surface area contributed by atoms with Crippen LogP contribution in [0.4, 0.5) is 17.4 Å². The van der Waals surface area contributed by atoms with Crippen molar-refractivity contribution >= 4 is 28.5 Å². The largest absolute Gasteiger partial charge is 0.423 e. The lowest BCUT2D eigenvalue weighted by Crippen LogP contribution is -1.89. The third-order valence-corrected chi connectivity index (χ3v) is 2.68. The maximum atomic E-state index is 8.73. The smallest absolute Gasteiger partial charge is 0.300 e. The van der Waals surface area contributed by atoms with Crippen molar-refractivity contribution in [1.29, 1.82) is 5.26 Å². The minimum absolute atomic E-state index is 0.394. The van der Waals surface area contributed by atoms with Gasteiger partial charge in [-0.25, -0.2) is 0 Å². The lowest BCUT2D eigenvalue weighted by atomic mass is 10.2. The van der Waals surface area contributed by atoms with Gasteiger partial charge in [-0.3, -0.25) is 0 Å². The molecule has 0 fully saturated rings. The fourth-order valence-electron chi connectivity index (χ4n) is 1.75. The highest BCUT2D eigenvalue weighted by molar-refractivity contribution is 5.78. The average Bonchev–Trinajstić information content (AvgIpc) is 2.81. The van der Waals surface area contributed by atoms with Crippen LogP contribution in [0.5, 0.6) is 0 Å². The number of aromatic nitrogens is 1. The Balaban J connectivity index is 1.90. The Morgan fingerprint density at radius 2 is 1.95 bits per heavy atom. The number of anilines is 3. The van der Waals surface area contributed by atoms with E-state index in [4.69, 9.17) is 15.4 Å². The number of nitrogens with zero attached hydrogens (tertiary/aromatic N) is 2. The molecule has 0 aliphatic rings. The van der Waals surface area contributed by atoms with Crippen molar-refractivity contribution in [2.24, 2.45) is 0 Å². The zero-order valence-corrected chi connectivity index (χ0v) is 9.92. The minimum atomic E-state index is 0.394. The van der Waals surface area contributed by atoms with Gasteiger partial charge in [0.25, 0.3) is 6.01 Å². The van der Waals surface area contributed by atoms with Crippen LogP contribution in [-0.2, 0) is 0 Å². The first-order chi connectivity index (χ1) is 9.24. The van der Waals surface area contributed by atoms with Gasteiger partial charge in [0.2, 0.25) is 0 Å². The Bertz CT molecular complexity index is 768. The van der Waals surface area contributed by atoms with E-state index in [0.717, 1.165) is 5.69 Å². The van der Waals surface area contributed by atoms with Crippen LogP contribution in [0.25, 0.3) is 11.1 Å². The van der Waals surface area contributed by atoms with Crippen LogP contribution in [0.15, 0.2) is 46.9 Å². The van der Waals surface area contributed by atoms with Gasteiger partial charge in [0, 0.05) is 11.4 Å². The molecular weight excluding hydrogens is 240 g/mol. The maximum Gasteiger partial charge on any atom is 0.300 e. The quantitative estimate of drug-likeness (QED) is 0.682. The van der Waals surface area contributed by atoms with Crippen molar-refractivity contribution in [1.82, 2.24) is 4.98 Å². The minimum Gasteiger partial charge on any atom is -0.423 e. The van der Waals surface area contributed by atoms with E-state index in [9.17, 15) is 0 Å². The molecule has 3 rings (SSSR count). The predicted octanol–water partition coefficient (Wildman–Crippen LogP) is 3.03. The number of fused-ring (bicyclic) bond motifs is 1. The summed E-state index contributed by atoms with van der Waals surface area (Å²) in [7, 11) is 0. The summed E-state index contributed by atoms with van der Waals surface area (Å²) >= 11 is 0. The van der Waals surface area contributed by atoms with Crippen molar-refractivity contribution in [3.8, 4) is 6.07 Å². The van der Waals surface area contributed by atoms with Crippen LogP contribution in [0.3, 0.4) is 0 Å². The maximum absolute atomic E-state index is 8.73. The molecule has 0 saturated carbocycles. The van der Waals surface area contributed by atoms with E-state index in [1.165, 1.54) is 0 Å². The van der Waals surface area contributed by atoms with Gasteiger partial charge in [-0.05, 0) is 42.5 Å². The topological polar surface area (TPSA) is 87.9 Å². The average molecular weight is 250 g/mol. The monoisotopic (exact) mass is 250 g/mol. The van der Waals surface area contributed by atoms with Crippen LogP contribution in [0, 0.1) is 11.3 Å². The van der Waals surface area contributed by atoms with E-state index in [-0.39, 0.29) is 0 Å². The Labute approximate surface area is 109 Å². The van der Waals surface area contributed by atoms with Crippen molar-refractivity contribution in [3.63, 3.8) is 0 Å². The normalized spacial score (nSPS) is 10.3. The van der Waals surface area contributed by atoms with Gasteiger partial charge in [-0.2, -0.15) is 10.2 Å². The number of nitrogen functional groups attached to an aromatic ring is 1. The third kappa shape index (κ3) is 2.19. The molecule has 5 nitrogen and oxygen atoms in total. The summed E-state index contributed by atoms with van der Waals surface area (Å²) in [5.74, 6) is 0. The molecule has 2 aromatic carbocycles. The first-order valence-corrected chi connectivity index (χ1v) is 5.68. The molecule has 0 bridgehead atoms.